The minimum absolute atomic E-state index is 0.192. The summed E-state index contributed by atoms with van der Waals surface area (Å²) < 4.78 is 5.21. The predicted octanol–water partition coefficient (Wildman–Crippen LogP) is 2.99. The van der Waals surface area contributed by atoms with Crippen LogP contribution in [0.15, 0.2) is 30.3 Å². The number of nitriles is 1. The Morgan fingerprint density at radius 2 is 2.17 bits per heavy atom. The molecule has 18 heavy (non-hydrogen) atoms. The molecule has 0 aliphatic carbocycles. The molecule has 90 valence electrons. The summed E-state index contributed by atoms with van der Waals surface area (Å²) in [5.74, 6) is -0.401. The summed E-state index contributed by atoms with van der Waals surface area (Å²) in [6.45, 7) is 0. The molecule has 0 spiro atoms. The molecule has 0 unspecified atom stereocenters. The lowest BCUT2D eigenvalue weighted by molar-refractivity contribution is 0.0697. The maximum absolute atomic E-state index is 11.0. The summed E-state index contributed by atoms with van der Waals surface area (Å²) in [5, 5.41) is 17.8. The Kier molecular flexibility index (Phi) is 3.31. The summed E-state index contributed by atoms with van der Waals surface area (Å²) in [7, 11) is 1.53. The SMILES string of the molecule is COc1ccc(C(=O)O)cc1-c1ccc(C#N)s1. The zero-order valence-corrected chi connectivity index (χ0v) is 10.3. The van der Waals surface area contributed by atoms with E-state index in [1.165, 1.54) is 24.5 Å². The number of carboxylic acid groups (broad SMARTS) is 1. The third kappa shape index (κ3) is 2.19. The maximum Gasteiger partial charge on any atom is 0.335 e. The molecule has 5 heteroatoms. The minimum atomic E-state index is -0.990. The van der Waals surface area contributed by atoms with Crippen LogP contribution in [-0.4, -0.2) is 18.2 Å². The summed E-state index contributed by atoms with van der Waals surface area (Å²) >= 11 is 1.30. The van der Waals surface area contributed by atoms with E-state index in [4.69, 9.17) is 15.1 Å². The first kappa shape index (κ1) is 12.1. The zero-order chi connectivity index (χ0) is 13.1. The van der Waals surface area contributed by atoms with Gasteiger partial charge in [-0.15, -0.1) is 11.3 Å². The normalized spacial score (nSPS) is 9.78. The average molecular weight is 259 g/mol. The van der Waals surface area contributed by atoms with Crippen molar-refractivity contribution in [1.82, 2.24) is 0 Å². The highest BCUT2D eigenvalue weighted by Gasteiger charge is 2.12. The smallest absolute Gasteiger partial charge is 0.335 e. The van der Waals surface area contributed by atoms with E-state index in [0.717, 1.165) is 4.88 Å². The molecule has 4 nitrogen and oxygen atoms in total. The molecule has 2 rings (SSSR count). The third-order valence-electron chi connectivity index (χ3n) is 2.43. The molecule has 0 saturated heterocycles. The van der Waals surface area contributed by atoms with Crippen LogP contribution >= 0.6 is 11.3 Å². The van der Waals surface area contributed by atoms with Gasteiger partial charge >= 0.3 is 5.97 Å². The van der Waals surface area contributed by atoms with Gasteiger partial charge in [0.05, 0.1) is 12.7 Å². The molecular weight excluding hydrogens is 250 g/mol. The standard InChI is InChI=1S/C13H9NO3S/c1-17-11-4-2-8(13(15)16)6-10(11)12-5-3-9(7-14)18-12/h2-6H,1H3,(H,15,16). The first-order valence-electron chi connectivity index (χ1n) is 5.07. The highest BCUT2D eigenvalue weighted by atomic mass is 32.1. The summed E-state index contributed by atoms with van der Waals surface area (Å²) in [4.78, 5) is 12.3. The van der Waals surface area contributed by atoms with E-state index in [9.17, 15) is 4.79 Å². The van der Waals surface area contributed by atoms with E-state index in [2.05, 4.69) is 6.07 Å². The number of hydrogen-bond donors (Lipinski definition) is 1. The van der Waals surface area contributed by atoms with Gasteiger partial charge in [0.25, 0.3) is 0 Å². The van der Waals surface area contributed by atoms with E-state index in [-0.39, 0.29) is 5.56 Å². The van der Waals surface area contributed by atoms with Gasteiger partial charge in [0.1, 0.15) is 16.7 Å². The topological polar surface area (TPSA) is 70.3 Å². The molecule has 1 aromatic carbocycles. The molecule has 2 aromatic rings. The van der Waals surface area contributed by atoms with Crippen molar-refractivity contribution >= 4 is 17.3 Å². The molecule has 0 atom stereocenters. The fourth-order valence-electron chi connectivity index (χ4n) is 1.58. The first-order valence-corrected chi connectivity index (χ1v) is 5.89. The lowest BCUT2D eigenvalue weighted by atomic mass is 10.1. The second-order valence-electron chi connectivity index (χ2n) is 3.50. The molecule has 0 aliphatic heterocycles. The highest BCUT2D eigenvalue weighted by Crippen LogP contribution is 2.35. The maximum atomic E-state index is 11.0. The first-order chi connectivity index (χ1) is 8.65. The molecule has 1 aromatic heterocycles. The van der Waals surface area contributed by atoms with Gasteiger partial charge < -0.3 is 9.84 Å². The van der Waals surface area contributed by atoms with Crippen molar-refractivity contribution in [2.45, 2.75) is 0 Å². The van der Waals surface area contributed by atoms with Gasteiger partial charge in [0.2, 0.25) is 0 Å². The third-order valence-corrected chi connectivity index (χ3v) is 3.45. The van der Waals surface area contributed by atoms with Crippen molar-refractivity contribution in [3.05, 3.63) is 40.8 Å². The van der Waals surface area contributed by atoms with Gasteiger partial charge in [0.15, 0.2) is 0 Å². The van der Waals surface area contributed by atoms with Crippen molar-refractivity contribution in [2.24, 2.45) is 0 Å². The van der Waals surface area contributed by atoms with Crippen LogP contribution in [0, 0.1) is 11.3 Å². The summed E-state index contributed by atoms with van der Waals surface area (Å²) in [6.07, 6.45) is 0. The second-order valence-corrected chi connectivity index (χ2v) is 4.58. The molecule has 0 aliphatic rings. The van der Waals surface area contributed by atoms with Gasteiger partial charge in [-0.05, 0) is 30.3 Å². The average Bonchev–Trinajstić information content (AvgIpc) is 2.86. The number of nitrogens with zero attached hydrogens (tertiary/aromatic N) is 1. The highest BCUT2D eigenvalue weighted by molar-refractivity contribution is 7.16. The molecule has 0 radical (unpaired) electrons. The molecule has 0 amide bonds. The van der Waals surface area contributed by atoms with Gasteiger partial charge in [0, 0.05) is 10.4 Å². The Morgan fingerprint density at radius 1 is 1.39 bits per heavy atom. The quantitative estimate of drug-likeness (QED) is 0.919. The zero-order valence-electron chi connectivity index (χ0n) is 9.51. The predicted molar refractivity (Wildman–Crippen MR) is 68.0 cm³/mol. The number of hydrogen-bond acceptors (Lipinski definition) is 4. The van der Waals surface area contributed by atoms with E-state index in [1.807, 2.05) is 0 Å². The Morgan fingerprint density at radius 3 is 2.72 bits per heavy atom. The number of carboxylic acids is 1. The van der Waals surface area contributed by atoms with Crippen LogP contribution in [0.4, 0.5) is 0 Å². The van der Waals surface area contributed by atoms with Gasteiger partial charge in [-0.2, -0.15) is 5.26 Å². The molecule has 1 heterocycles. The minimum Gasteiger partial charge on any atom is -0.496 e. The Hall–Kier alpha value is -2.32. The Bertz CT molecular complexity index is 640. The van der Waals surface area contributed by atoms with Crippen LogP contribution in [0.25, 0.3) is 10.4 Å². The molecule has 0 fully saturated rings. The number of aromatic carboxylic acids is 1. The van der Waals surface area contributed by atoms with Crippen molar-refractivity contribution in [1.29, 1.82) is 5.26 Å². The van der Waals surface area contributed by atoms with Gasteiger partial charge in [-0.3, -0.25) is 0 Å². The number of thiophene rings is 1. The largest absolute Gasteiger partial charge is 0.496 e. The van der Waals surface area contributed by atoms with E-state index in [0.29, 0.717) is 16.2 Å². The fraction of sp³-hybridized carbons (Fsp3) is 0.0769. The monoisotopic (exact) mass is 259 g/mol. The van der Waals surface area contributed by atoms with E-state index < -0.39 is 5.97 Å². The molecular formula is C13H9NO3S. The molecule has 0 saturated carbocycles. The van der Waals surface area contributed by atoms with Crippen LogP contribution in [0.1, 0.15) is 15.2 Å². The number of rotatable bonds is 3. The van der Waals surface area contributed by atoms with Crippen LogP contribution < -0.4 is 4.74 Å². The number of benzene rings is 1. The van der Waals surface area contributed by atoms with Crippen LogP contribution in [0.3, 0.4) is 0 Å². The van der Waals surface area contributed by atoms with Crippen molar-refractivity contribution < 1.29 is 14.6 Å². The number of ether oxygens (including phenoxy) is 1. The van der Waals surface area contributed by atoms with Crippen LogP contribution in [0.5, 0.6) is 5.75 Å². The molecule has 1 N–H and O–H groups in total. The van der Waals surface area contributed by atoms with Crippen molar-refractivity contribution in [3.8, 4) is 22.3 Å². The number of carbonyl (C=O) groups is 1. The lowest BCUT2D eigenvalue weighted by Crippen LogP contribution is -1.97. The second kappa shape index (κ2) is 4.90. The van der Waals surface area contributed by atoms with Crippen molar-refractivity contribution in [2.75, 3.05) is 7.11 Å². The van der Waals surface area contributed by atoms with Crippen LogP contribution in [0.2, 0.25) is 0 Å². The molecule has 0 bridgehead atoms. The Balaban J connectivity index is 2.57. The number of methoxy groups -OCH3 is 1. The van der Waals surface area contributed by atoms with E-state index >= 15 is 0 Å². The van der Waals surface area contributed by atoms with E-state index in [1.54, 1.807) is 24.3 Å². The van der Waals surface area contributed by atoms with Gasteiger partial charge in [-0.25, -0.2) is 4.79 Å². The summed E-state index contributed by atoms with van der Waals surface area (Å²) in [6, 6.07) is 10.2. The van der Waals surface area contributed by atoms with Gasteiger partial charge in [-0.1, -0.05) is 0 Å². The van der Waals surface area contributed by atoms with Crippen molar-refractivity contribution in [3.63, 3.8) is 0 Å². The van der Waals surface area contributed by atoms with Crippen LogP contribution in [-0.2, 0) is 0 Å². The lowest BCUT2D eigenvalue weighted by Gasteiger charge is -2.07. The summed E-state index contributed by atoms with van der Waals surface area (Å²) in [5.41, 5.74) is 0.876. The Labute approximate surface area is 108 Å². The fourth-order valence-corrected chi connectivity index (χ4v) is 2.40.